The van der Waals surface area contributed by atoms with Gasteiger partial charge < -0.3 is 20.4 Å². The molecule has 1 aromatic heterocycles. The first-order chi connectivity index (χ1) is 17.8. The van der Waals surface area contributed by atoms with Crippen molar-refractivity contribution in [3.63, 3.8) is 0 Å². The van der Waals surface area contributed by atoms with Gasteiger partial charge in [0.2, 0.25) is 17.6 Å². The quantitative estimate of drug-likeness (QED) is 0.138. The summed E-state index contributed by atoms with van der Waals surface area (Å²) in [7, 11) is 0. The number of benzene rings is 1. The van der Waals surface area contributed by atoms with Crippen molar-refractivity contribution in [1.29, 1.82) is 5.53 Å². The summed E-state index contributed by atoms with van der Waals surface area (Å²) in [4.78, 5) is 59.0. The number of ketones is 1. The van der Waals surface area contributed by atoms with E-state index in [1.807, 2.05) is 29.2 Å². The SMILES string of the molecule is CC(C)OC(=O)[C@H](CCC(=O)C=[N+]=N)NC(=O)[C@H](Cc1c[nH]c2ccccc12)NC(=O)CN1CCCC1. The van der Waals surface area contributed by atoms with Gasteiger partial charge in [0, 0.05) is 29.9 Å². The standard InChI is InChI=1S/C26H34N6O5/c1-17(2)37-26(36)22(10-9-19(33)15-29-27)31-25(35)23(30-24(34)16-32-11-5-6-12-32)13-18-14-28-21-8-4-3-7-20(18)21/h3-4,7-8,14-15,17,22-23,27-28H,5-6,9-13,16H2,1-2H3,(H-,30,31,34,35)/p+1/t22-,23-/m0/s1. The number of para-hydroxylation sites is 1. The normalized spacial score (nSPS) is 15.1. The number of H-pyrrole nitrogens is 1. The molecule has 11 nitrogen and oxygen atoms in total. The third-order valence-corrected chi connectivity index (χ3v) is 6.16. The van der Waals surface area contributed by atoms with Gasteiger partial charge in [-0.25, -0.2) is 4.79 Å². The van der Waals surface area contributed by atoms with Crippen LogP contribution in [-0.2, 0) is 30.3 Å². The predicted molar refractivity (Wildman–Crippen MR) is 136 cm³/mol. The summed E-state index contributed by atoms with van der Waals surface area (Å²) in [6.45, 7) is 5.24. The van der Waals surface area contributed by atoms with Crippen LogP contribution in [0, 0.1) is 5.53 Å². The number of aromatic amines is 1. The van der Waals surface area contributed by atoms with E-state index in [0.717, 1.165) is 48.6 Å². The third-order valence-electron chi connectivity index (χ3n) is 6.16. The summed E-state index contributed by atoms with van der Waals surface area (Å²) >= 11 is 0. The molecule has 0 unspecified atom stereocenters. The summed E-state index contributed by atoms with van der Waals surface area (Å²) in [6.07, 6.45) is 4.40. The van der Waals surface area contributed by atoms with E-state index in [0.29, 0.717) is 0 Å². The number of nitrogens with zero attached hydrogens (tertiary/aromatic N) is 2. The van der Waals surface area contributed by atoms with Crippen molar-refractivity contribution in [2.24, 2.45) is 0 Å². The van der Waals surface area contributed by atoms with Crippen LogP contribution in [0.1, 0.15) is 45.1 Å². The minimum Gasteiger partial charge on any atom is -0.461 e. The molecule has 0 bridgehead atoms. The minimum atomic E-state index is -1.10. The molecule has 2 amide bonds. The number of hydrogen-bond acceptors (Lipinski definition) is 7. The number of rotatable bonds is 13. The number of Topliss-reactive ketones (excluding diaryl/α,β-unsaturated/α-hetero) is 1. The minimum absolute atomic E-state index is 0.0241. The number of carbonyl (C=O) groups excluding carboxylic acids is 4. The van der Waals surface area contributed by atoms with Gasteiger partial charge in [-0.05, 0) is 57.8 Å². The topological polar surface area (TPSA) is 159 Å². The van der Waals surface area contributed by atoms with Gasteiger partial charge in [0.25, 0.3) is 0 Å². The molecule has 2 heterocycles. The Bertz CT molecular complexity index is 1160. The Labute approximate surface area is 215 Å². The molecule has 0 spiro atoms. The number of fused-ring (bicyclic) bond motifs is 1. The maximum absolute atomic E-state index is 13.5. The first-order valence-corrected chi connectivity index (χ1v) is 12.6. The van der Waals surface area contributed by atoms with Crippen molar-refractivity contribution in [3.8, 4) is 0 Å². The zero-order chi connectivity index (χ0) is 26.8. The van der Waals surface area contributed by atoms with Gasteiger partial charge in [-0.2, -0.15) is 0 Å². The van der Waals surface area contributed by atoms with Crippen molar-refractivity contribution in [1.82, 2.24) is 20.5 Å². The molecule has 1 aromatic carbocycles. The van der Waals surface area contributed by atoms with Gasteiger partial charge in [0.1, 0.15) is 12.1 Å². The average Bonchev–Trinajstić information content (AvgIpc) is 3.51. The first kappa shape index (κ1) is 27.8. The molecule has 1 fully saturated rings. The highest BCUT2D eigenvalue weighted by Crippen LogP contribution is 2.19. The van der Waals surface area contributed by atoms with Gasteiger partial charge >= 0.3 is 12.2 Å². The van der Waals surface area contributed by atoms with Gasteiger partial charge in [-0.1, -0.05) is 18.2 Å². The van der Waals surface area contributed by atoms with Crippen LogP contribution in [0.4, 0.5) is 0 Å². The van der Waals surface area contributed by atoms with Crippen LogP contribution in [0.2, 0.25) is 0 Å². The molecule has 1 saturated heterocycles. The molecular formula is C26H35N6O5+. The molecule has 2 aromatic rings. The van der Waals surface area contributed by atoms with Crippen LogP contribution in [0.25, 0.3) is 10.9 Å². The zero-order valence-corrected chi connectivity index (χ0v) is 21.3. The Morgan fingerprint density at radius 2 is 1.86 bits per heavy atom. The molecule has 3 rings (SSSR count). The van der Waals surface area contributed by atoms with Crippen LogP contribution in [-0.4, -0.2) is 82.3 Å². The van der Waals surface area contributed by atoms with Crippen molar-refractivity contribution in [3.05, 3.63) is 36.0 Å². The van der Waals surface area contributed by atoms with E-state index in [9.17, 15) is 19.2 Å². The van der Waals surface area contributed by atoms with E-state index in [1.54, 1.807) is 20.0 Å². The number of aromatic nitrogens is 1. The Kier molecular flexibility index (Phi) is 10.1. The molecule has 37 heavy (non-hydrogen) atoms. The molecule has 0 aliphatic carbocycles. The van der Waals surface area contributed by atoms with Crippen molar-refractivity contribution < 1.29 is 28.7 Å². The molecule has 0 radical (unpaired) electrons. The number of amides is 2. The number of nitrogens with one attached hydrogen (secondary N) is 4. The lowest BCUT2D eigenvalue weighted by molar-refractivity contribution is -0.152. The van der Waals surface area contributed by atoms with E-state index in [2.05, 4.69) is 20.4 Å². The molecule has 1 aliphatic rings. The Balaban J connectivity index is 1.78. The summed E-state index contributed by atoms with van der Waals surface area (Å²) < 4.78 is 5.28. The lowest BCUT2D eigenvalue weighted by Crippen LogP contribution is -2.54. The third kappa shape index (κ3) is 8.37. The van der Waals surface area contributed by atoms with Crippen LogP contribution >= 0.6 is 0 Å². The molecule has 0 saturated carbocycles. The van der Waals surface area contributed by atoms with Crippen LogP contribution < -0.4 is 10.6 Å². The number of carbonyl (C=O) groups is 4. The van der Waals surface area contributed by atoms with Gasteiger partial charge in [-0.3, -0.25) is 19.3 Å². The smallest absolute Gasteiger partial charge is 0.372 e. The maximum Gasteiger partial charge on any atom is 0.372 e. The highest BCUT2D eigenvalue weighted by atomic mass is 16.5. The number of likely N-dealkylation sites (tertiary alicyclic amines) is 1. The summed E-state index contributed by atoms with van der Waals surface area (Å²) in [5, 5.41) is 6.46. The molecule has 2 atom stereocenters. The fourth-order valence-electron chi connectivity index (χ4n) is 4.37. The monoisotopic (exact) mass is 511 g/mol. The summed E-state index contributed by atoms with van der Waals surface area (Å²) in [5.74, 6) is -1.94. The molecule has 4 N–H and O–H groups in total. The van der Waals surface area contributed by atoms with Crippen LogP contribution in [0.15, 0.2) is 30.5 Å². The van der Waals surface area contributed by atoms with Gasteiger partial charge in [0.15, 0.2) is 0 Å². The molecule has 1 aliphatic heterocycles. The van der Waals surface area contributed by atoms with Crippen molar-refractivity contribution >= 4 is 40.7 Å². The van der Waals surface area contributed by atoms with Gasteiger partial charge in [-0.15, -0.1) is 0 Å². The van der Waals surface area contributed by atoms with E-state index in [1.165, 1.54) is 0 Å². The second kappa shape index (κ2) is 13.5. The first-order valence-electron chi connectivity index (χ1n) is 12.6. The van der Waals surface area contributed by atoms with Crippen LogP contribution in [0.3, 0.4) is 0 Å². The second-order valence-corrected chi connectivity index (χ2v) is 9.48. The van der Waals surface area contributed by atoms with Crippen molar-refractivity contribution in [2.75, 3.05) is 19.6 Å². The second-order valence-electron chi connectivity index (χ2n) is 9.48. The molecule has 198 valence electrons. The Morgan fingerprint density at radius 1 is 1.14 bits per heavy atom. The van der Waals surface area contributed by atoms with E-state index >= 15 is 0 Å². The van der Waals surface area contributed by atoms with E-state index < -0.39 is 35.8 Å². The molecule has 11 heteroatoms. The zero-order valence-electron chi connectivity index (χ0n) is 21.3. The van der Waals surface area contributed by atoms with Crippen LogP contribution in [0.5, 0.6) is 0 Å². The lowest BCUT2D eigenvalue weighted by atomic mass is 10.0. The Morgan fingerprint density at radius 3 is 2.57 bits per heavy atom. The fourth-order valence-corrected chi connectivity index (χ4v) is 4.37. The highest BCUT2D eigenvalue weighted by molar-refractivity contribution is 6.25. The lowest BCUT2D eigenvalue weighted by Gasteiger charge is -2.24. The van der Waals surface area contributed by atoms with Crippen molar-refractivity contribution in [2.45, 2.75) is 64.1 Å². The number of hydrogen-bond donors (Lipinski definition) is 4. The van der Waals surface area contributed by atoms with Gasteiger partial charge in [0.05, 0.1) is 23.0 Å². The maximum atomic E-state index is 13.5. The average molecular weight is 512 g/mol. The predicted octanol–water partition coefficient (Wildman–Crippen LogP) is 1.39. The highest BCUT2D eigenvalue weighted by Gasteiger charge is 2.30. The fraction of sp³-hybridized carbons (Fsp3) is 0.500. The summed E-state index contributed by atoms with van der Waals surface area (Å²) in [5.41, 5.74) is 8.56. The number of esters is 1. The Hall–Kier alpha value is -3.82. The summed E-state index contributed by atoms with van der Waals surface area (Å²) in [6, 6.07) is 5.62. The number of ether oxygens (including phenoxy) is 1. The molecular weight excluding hydrogens is 476 g/mol. The van der Waals surface area contributed by atoms with E-state index in [-0.39, 0.29) is 31.7 Å². The largest absolute Gasteiger partial charge is 0.461 e. The van der Waals surface area contributed by atoms with E-state index in [4.69, 9.17) is 10.3 Å².